The molecule has 0 fully saturated rings. The first-order valence-corrected chi connectivity index (χ1v) is 8.88. The van der Waals surface area contributed by atoms with Gasteiger partial charge in [-0.3, -0.25) is 14.3 Å². The molecule has 1 aromatic heterocycles. The van der Waals surface area contributed by atoms with Crippen molar-refractivity contribution in [1.82, 2.24) is 15.1 Å². The molecule has 0 radical (unpaired) electrons. The molecule has 0 saturated heterocycles. The number of nitrogens with zero attached hydrogens (tertiary/aromatic N) is 2. The molecule has 0 aliphatic rings. The molecule has 0 bridgehead atoms. The summed E-state index contributed by atoms with van der Waals surface area (Å²) in [5.74, 6) is -0.543. The summed E-state index contributed by atoms with van der Waals surface area (Å²) in [6.07, 6.45) is 0. The van der Waals surface area contributed by atoms with Gasteiger partial charge >= 0.3 is 0 Å². The van der Waals surface area contributed by atoms with Crippen molar-refractivity contribution >= 4 is 49.4 Å². The Labute approximate surface area is 157 Å². The fraction of sp³-hybridized carbons (Fsp3) is 0.312. The van der Waals surface area contributed by atoms with Gasteiger partial charge in [0.25, 0.3) is 0 Å². The topological polar surface area (TPSA) is 76.0 Å². The second kappa shape index (κ2) is 7.94. The average molecular weight is 458 g/mol. The number of nitrogens with one attached hydrogen (secondary N) is 2. The van der Waals surface area contributed by atoms with E-state index < -0.39 is 0 Å². The Morgan fingerprint density at radius 1 is 1.17 bits per heavy atom. The molecule has 0 aliphatic carbocycles. The molecule has 2 rings (SSSR count). The number of anilines is 1. The third kappa shape index (κ3) is 4.67. The molecule has 0 unspecified atom stereocenters. The molecule has 0 spiro atoms. The molecule has 2 aromatic rings. The van der Waals surface area contributed by atoms with Crippen LogP contribution >= 0.6 is 31.9 Å². The largest absolute Gasteiger partial charge is 0.345 e. The van der Waals surface area contributed by atoms with Gasteiger partial charge in [0.05, 0.1) is 22.4 Å². The highest BCUT2D eigenvalue weighted by atomic mass is 79.9. The van der Waals surface area contributed by atoms with Gasteiger partial charge in [0.2, 0.25) is 11.8 Å². The van der Waals surface area contributed by atoms with E-state index in [0.29, 0.717) is 0 Å². The van der Waals surface area contributed by atoms with Crippen molar-refractivity contribution in [3.8, 4) is 0 Å². The van der Waals surface area contributed by atoms with E-state index in [2.05, 4.69) is 47.6 Å². The van der Waals surface area contributed by atoms with E-state index in [-0.39, 0.29) is 24.9 Å². The number of benzene rings is 1. The highest BCUT2D eigenvalue weighted by Crippen LogP contribution is 2.20. The maximum atomic E-state index is 12.0. The van der Waals surface area contributed by atoms with Crippen LogP contribution in [0, 0.1) is 20.8 Å². The van der Waals surface area contributed by atoms with Gasteiger partial charge in [0.15, 0.2) is 0 Å². The monoisotopic (exact) mass is 456 g/mol. The lowest BCUT2D eigenvalue weighted by molar-refractivity contribution is -0.124. The Hall–Kier alpha value is -1.67. The van der Waals surface area contributed by atoms with E-state index in [9.17, 15) is 9.59 Å². The molecule has 0 aliphatic heterocycles. The predicted molar refractivity (Wildman–Crippen MR) is 99.9 cm³/mol. The number of hydrogen-bond donors (Lipinski definition) is 2. The SMILES string of the molecule is Cc1cc(Br)ccc1NC(=O)CNC(=O)Cn1nc(C)c(Br)c1C. The lowest BCUT2D eigenvalue weighted by atomic mass is 10.2. The number of rotatable bonds is 5. The smallest absolute Gasteiger partial charge is 0.243 e. The second-order valence-electron chi connectivity index (χ2n) is 5.43. The van der Waals surface area contributed by atoms with Crippen LogP contribution in [-0.4, -0.2) is 28.1 Å². The summed E-state index contributed by atoms with van der Waals surface area (Å²) in [7, 11) is 0. The van der Waals surface area contributed by atoms with Crippen molar-refractivity contribution < 1.29 is 9.59 Å². The number of carbonyl (C=O) groups is 2. The Bertz CT molecular complexity index is 787. The Kier molecular flexibility index (Phi) is 6.17. The van der Waals surface area contributed by atoms with Gasteiger partial charge in [-0.25, -0.2) is 0 Å². The average Bonchev–Trinajstić information content (AvgIpc) is 2.75. The first kappa shape index (κ1) is 18.7. The molecule has 8 heteroatoms. The van der Waals surface area contributed by atoms with Gasteiger partial charge in [-0.05, 0) is 60.5 Å². The number of hydrogen-bond acceptors (Lipinski definition) is 3. The molecule has 1 aromatic carbocycles. The van der Waals surface area contributed by atoms with Crippen molar-refractivity contribution in [3.63, 3.8) is 0 Å². The molecule has 6 nitrogen and oxygen atoms in total. The third-order valence-corrected chi connectivity index (χ3v) is 5.14. The van der Waals surface area contributed by atoms with Crippen LogP contribution in [0.3, 0.4) is 0 Å². The zero-order valence-electron chi connectivity index (χ0n) is 13.6. The lowest BCUT2D eigenvalue weighted by Gasteiger charge is -2.10. The number of carbonyl (C=O) groups excluding carboxylic acids is 2. The van der Waals surface area contributed by atoms with Gasteiger partial charge in [0, 0.05) is 10.2 Å². The van der Waals surface area contributed by atoms with E-state index in [0.717, 1.165) is 31.6 Å². The van der Waals surface area contributed by atoms with E-state index in [1.807, 2.05) is 39.0 Å². The molecule has 128 valence electrons. The normalized spacial score (nSPS) is 10.5. The van der Waals surface area contributed by atoms with Crippen LogP contribution in [0.15, 0.2) is 27.1 Å². The van der Waals surface area contributed by atoms with Crippen molar-refractivity contribution in [1.29, 1.82) is 0 Å². The summed E-state index contributed by atoms with van der Waals surface area (Å²) in [6.45, 7) is 5.62. The Balaban J connectivity index is 1.87. The van der Waals surface area contributed by atoms with Gasteiger partial charge < -0.3 is 10.6 Å². The summed E-state index contributed by atoms with van der Waals surface area (Å²) in [4.78, 5) is 23.9. The van der Waals surface area contributed by atoms with E-state index in [4.69, 9.17) is 0 Å². The fourth-order valence-corrected chi connectivity index (χ4v) is 2.92. The Morgan fingerprint density at radius 2 is 1.88 bits per heavy atom. The fourth-order valence-electron chi connectivity index (χ4n) is 2.16. The summed E-state index contributed by atoms with van der Waals surface area (Å²) < 4.78 is 3.44. The standard InChI is InChI=1S/C16H18Br2N4O2/c1-9-6-12(17)4-5-13(9)20-14(23)7-19-15(24)8-22-11(3)16(18)10(2)21-22/h4-6H,7-8H2,1-3H3,(H,19,24)(H,20,23). The molecule has 2 N–H and O–H groups in total. The lowest BCUT2D eigenvalue weighted by Crippen LogP contribution is -2.35. The third-order valence-electron chi connectivity index (χ3n) is 3.50. The zero-order chi connectivity index (χ0) is 17.9. The van der Waals surface area contributed by atoms with Crippen LogP contribution in [0.4, 0.5) is 5.69 Å². The molecule has 0 atom stereocenters. The maximum absolute atomic E-state index is 12.0. The highest BCUT2D eigenvalue weighted by molar-refractivity contribution is 9.10. The second-order valence-corrected chi connectivity index (χ2v) is 7.14. The van der Waals surface area contributed by atoms with E-state index >= 15 is 0 Å². The van der Waals surface area contributed by atoms with E-state index in [1.165, 1.54) is 0 Å². The number of aromatic nitrogens is 2. The van der Waals surface area contributed by atoms with Gasteiger partial charge in [-0.2, -0.15) is 5.10 Å². The number of amides is 2. The van der Waals surface area contributed by atoms with Crippen LogP contribution in [0.25, 0.3) is 0 Å². The van der Waals surface area contributed by atoms with Gasteiger partial charge in [-0.1, -0.05) is 15.9 Å². The highest BCUT2D eigenvalue weighted by Gasteiger charge is 2.13. The van der Waals surface area contributed by atoms with Gasteiger partial charge in [-0.15, -0.1) is 0 Å². The van der Waals surface area contributed by atoms with Crippen LogP contribution in [-0.2, 0) is 16.1 Å². The summed E-state index contributed by atoms with van der Waals surface area (Å²) in [6, 6.07) is 5.57. The predicted octanol–water partition coefficient (Wildman–Crippen LogP) is 3.09. The van der Waals surface area contributed by atoms with Crippen molar-refractivity contribution in [3.05, 3.63) is 44.1 Å². The van der Waals surface area contributed by atoms with E-state index in [1.54, 1.807) is 4.68 Å². The zero-order valence-corrected chi connectivity index (χ0v) is 16.8. The molecular formula is C16H18Br2N4O2. The van der Waals surface area contributed by atoms with Crippen LogP contribution in [0.5, 0.6) is 0 Å². The van der Waals surface area contributed by atoms with Crippen molar-refractivity contribution in [2.24, 2.45) is 0 Å². The number of aryl methyl sites for hydroxylation is 2. The summed E-state index contributed by atoms with van der Waals surface area (Å²) >= 11 is 6.79. The minimum atomic E-state index is -0.275. The first-order chi connectivity index (χ1) is 11.3. The Morgan fingerprint density at radius 3 is 2.46 bits per heavy atom. The molecular weight excluding hydrogens is 440 g/mol. The molecule has 0 saturated carbocycles. The van der Waals surface area contributed by atoms with Crippen LogP contribution < -0.4 is 10.6 Å². The minimum absolute atomic E-state index is 0.0723. The van der Waals surface area contributed by atoms with Crippen LogP contribution in [0.2, 0.25) is 0 Å². The molecule has 2 amide bonds. The molecule has 24 heavy (non-hydrogen) atoms. The van der Waals surface area contributed by atoms with Crippen LogP contribution in [0.1, 0.15) is 17.0 Å². The summed E-state index contributed by atoms with van der Waals surface area (Å²) in [5.41, 5.74) is 3.36. The molecule has 1 heterocycles. The maximum Gasteiger partial charge on any atom is 0.243 e. The van der Waals surface area contributed by atoms with Crippen molar-refractivity contribution in [2.45, 2.75) is 27.3 Å². The van der Waals surface area contributed by atoms with Gasteiger partial charge in [0.1, 0.15) is 6.54 Å². The summed E-state index contributed by atoms with van der Waals surface area (Å²) in [5, 5.41) is 9.65. The first-order valence-electron chi connectivity index (χ1n) is 7.30. The quantitative estimate of drug-likeness (QED) is 0.724. The minimum Gasteiger partial charge on any atom is -0.345 e. The van der Waals surface area contributed by atoms with Crippen molar-refractivity contribution in [2.75, 3.05) is 11.9 Å². The number of halogens is 2.